The highest BCUT2D eigenvalue weighted by atomic mass is 79.9. The molecular weight excluding hydrogens is 356 g/mol. The fourth-order valence-electron chi connectivity index (χ4n) is 2.26. The van der Waals surface area contributed by atoms with Crippen molar-refractivity contribution in [2.75, 3.05) is 11.9 Å². The summed E-state index contributed by atoms with van der Waals surface area (Å²) in [5, 5.41) is 2.89. The van der Waals surface area contributed by atoms with Crippen LogP contribution in [0.15, 0.2) is 53.0 Å². The maximum Gasteiger partial charge on any atom is 0.256 e. The monoisotopic (exact) mass is 374 g/mol. The van der Waals surface area contributed by atoms with Crippen molar-refractivity contribution in [3.63, 3.8) is 0 Å². The lowest BCUT2D eigenvalue weighted by molar-refractivity contribution is -0.129. The van der Waals surface area contributed by atoms with Crippen LogP contribution >= 0.6 is 15.9 Å². The number of nitrogens with one attached hydrogen (secondary N) is 1. The molecule has 0 radical (unpaired) electrons. The van der Waals surface area contributed by atoms with Gasteiger partial charge in [-0.3, -0.25) is 9.59 Å². The largest absolute Gasteiger partial charge is 0.339 e. The molecule has 2 aromatic carbocycles. The average Bonchev–Trinajstić information content (AvgIpc) is 2.53. The Hall–Kier alpha value is -2.14. The topological polar surface area (TPSA) is 49.4 Å². The molecular formula is C18H19BrN2O2. The van der Waals surface area contributed by atoms with Crippen molar-refractivity contribution in [3.05, 3.63) is 64.1 Å². The van der Waals surface area contributed by atoms with Gasteiger partial charge in [-0.25, -0.2) is 0 Å². The predicted molar refractivity (Wildman–Crippen MR) is 95.3 cm³/mol. The molecule has 0 unspecified atom stereocenters. The molecule has 4 nitrogen and oxygen atoms in total. The van der Waals surface area contributed by atoms with Crippen molar-refractivity contribution in [2.24, 2.45) is 0 Å². The zero-order valence-corrected chi connectivity index (χ0v) is 14.8. The van der Waals surface area contributed by atoms with Gasteiger partial charge in [-0.15, -0.1) is 0 Å². The minimum absolute atomic E-state index is 0.0372. The SMILES string of the molecule is CCN(Cc1cccc(NC(=O)c2ccccc2Br)c1)C(C)=O. The minimum Gasteiger partial charge on any atom is -0.339 e. The zero-order chi connectivity index (χ0) is 16.8. The predicted octanol–water partition coefficient (Wildman–Crippen LogP) is 4.07. The first kappa shape index (κ1) is 17.2. The van der Waals surface area contributed by atoms with E-state index in [1.54, 1.807) is 17.9 Å². The lowest BCUT2D eigenvalue weighted by Gasteiger charge is -2.19. The Morgan fingerprint density at radius 3 is 2.52 bits per heavy atom. The minimum atomic E-state index is -0.173. The van der Waals surface area contributed by atoms with E-state index >= 15 is 0 Å². The molecule has 0 aliphatic heterocycles. The van der Waals surface area contributed by atoms with Crippen molar-refractivity contribution in [3.8, 4) is 0 Å². The van der Waals surface area contributed by atoms with Crippen LogP contribution in [-0.4, -0.2) is 23.3 Å². The van der Waals surface area contributed by atoms with Crippen LogP contribution in [0.4, 0.5) is 5.69 Å². The van der Waals surface area contributed by atoms with Crippen LogP contribution in [0.3, 0.4) is 0 Å². The van der Waals surface area contributed by atoms with Crippen molar-refractivity contribution >= 4 is 33.4 Å². The molecule has 0 saturated carbocycles. The van der Waals surface area contributed by atoms with Gasteiger partial charge in [0.2, 0.25) is 5.91 Å². The lowest BCUT2D eigenvalue weighted by Crippen LogP contribution is -2.27. The Kier molecular flexibility index (Phi) is 5.93. The molecule has 0 fully saturated rings. The second-order valence-corrected chi connectivity index (χ2v) is 6.02. The van der Waals surface area contributed by atoms with E-state index < -0.39 is 0 Å². The quantitative estimate of drug-likeness (QED) is 0.857. The Morgan fingerprint density at radius 1 is 1.13 bits per heavy atom. The number of carbonyl (C=O) groups is 2. The maximum atomic E-state index is 12.3. The van der Waals surface area contributed by atoms with E-state index in [1.807, 2.05) is 49.4 Å². The van der Waals surface area contributed by atoms with Gasteiger partial charge in [0.25, 0.3) is 5.91 Å². The van der Waals surface area contributed by atoms with Crippen LogP contribution in [0.1, 0.15) is 29.8 Å². The normalized spacial score (nSPS) is 10.2. The average molecular weight is 375 g/mol. The van der Waals surface area contributed by atoms with E-state index in [4.69, 9.17) is 0 Å². The van der Waals surface area contributed by atoms with E-state index in [0.717, 1.165) is 10.0 Å². The standard InChI is InChI=1S/C18H19BrN2O2/c1-3-21(13(2)22)12-14-7-6-8-15(11-14)20-18(23)16-9-4-5-10-17(16)19/h4-11H,3,12H2,1-2H3,(H,20,23). The first-order chi connectivity index (χ1) is 11.0. The summed E-state index contributed by atoms with van der Waals surface area (Å²) in [6.07, 6.45) is 0. The van der Waals surface area contributed by atoms with Gasteiger partial charge >= 0.3 is 0 Å². The fraction of sp³-hybridized carbons (Fsp3) is 0.222. The molecule has 2 aromatic rings. The van der Waals surface area contributed by atoms with Gasteiger partial charge in [0.05, 0.1) is 5.56 Å². The number of hydrogen-bond donors (Lipinski definition) is 1. The van der Waals surface area contributed by atoms with E-state index in [0.29, 0.717) is 24.3 Å². The summed E-state index contributed by atoms with van der Waals surface area (Å²) in [5.41, 5.74) is 2.27. The molecule has 0 atom stereocenters. The Bertz CT molecular complexity index is 716. The van der Waals surface area contributed by atoms with E-state index in [2.05, 4.69) is 21.2 Å². The number of anilines is 1. The Balaban J connectivity index is 2.12. The highest BCUT2D eigenvalue weighted by molar-refractivity contribution is 9.10. The third-order valence-corrected chi connectivity index (χ3v) is 4.20. The number of amides is 2. The van der Waals surface area contributed by atoms with Crippen molar-refractivity contribution < 1.29 is 9.59 Å². The molecule has 0 aliphatic rings. The molecule has 120 valence electrons. The number of halogens is 1. The fourth-order valence-corrected chi connectivity index (χ4v) is 2.72. The molecule has 2 amide bonds. The van der Waals surface area contributed by atoms with Crippen LogP contribution in [-0.2, 0) is 11.3 Å². The first-order valence-electron chi connectivity index (χ1n) is 7.41. The van der Waals surface area contributed by atoms with Crippen molar-refractivity contribution in [2.45, 2.75) is 20.4 Å². The summed E-state index contributed by atoms with van der Waals surface area (Å²) in [6, 6.07) is 14.8. The van der Waals surface area contributed by atoms with Crippen LogP contribution in [0.25, 0.3) is 0 Å². The molecule has 5 heteroatoms. The number of hydrogen-bond acceptors (Lipinski definition) is 2. The van der Waals surface area contributed by atoms with Crippen LogP contribution in [0.2, 0.25) is 0 Å². The summed E-state index contributed by atoms with van der Waals surface area (Å²) in [6.45, 7) is 4.69. The molecule has 23 heavy (non-hydrogen) atoms. The molecule has 0 saturated heterocycles. The van der Waals surface area contributed by atoms with Gasteiger partial charge in [-0.2, -0.15) is 0 Å². The highest BCUT2D eigenvalue weighted by Gasteiger charge is 2.11. The summed E-state index contributed by atoms with van der Waals surface area (Å²) in [4.78, 5) is 25.6. The summed E-state index contributed by atoms with van der Waals surface area (Å²) in [5.74, 6) is -0.135. The van der Waals surface area contributed by atoms with Gasteiger partial charge in [0.15, 0.2) is 0 Å². The van der Waals surface area contributed by atoms with Crippen molar-refractivity contribution in [1.29, 1.82) is 0 Å². The summed E-state index contributed by atoms with van der Waals surface area (Å²) < 4.78 is 0.752. The van der Waals surface area contributed by atoms with E-state index in [-0.39, 0.29) is 11.8 Å². The van der Waals surface area contributed by atoms with Gasteiger partial charge in [-0.1, -0.05) is 24.3 Å². The number of nitrogens with zero attached hydrogens (tertiary/aromatic N) is 1. The number of carbonyl (C=O) groups excluding carboxylic acids is 2. The zero-order valence-electron chi connectivity index (χ0n) is 13.2. The number of benzene rings is 2. The van der Waals surface area contributed by atoms with Crippen LogP contribution < -0.4 is 5.32 Å². The second kappa shape index (κ2) is 7.92. The number of rotatable bonds is 5. The second-order valence-electron chi connectivity index (χ2n) is 5.17. The third kappa shape index (κ3) is 4.66. The lowest BCUT2D eigenvalue weighted by atomic mass is 10.1. The van der Waals surface area contributed by atoms with Gasteiger partial charge in [0.1, 0.15) is 0 Å². The summed E-state index contributed by atoms with van der Waals surface area (Å²) >= 11 is 3.38. The van der Waals surface area contributed by atoms with E-state index in [9.17, 15) is 9.59 Å². The Labute approximate surface area is 144 Å². The van der Waals surface area contributed by atoms with Gasteiger partial charge in [-0.05, 0) is 52.7 Å². The molecule has 0 spiro atoms. The Morgan fingerprint density at radius 2 is 1.87 bits per heavy atom. The molecule has 2 rings (SSSR count). The molecule has 0 bridgehead atoms. The third-order valence-electron chi connectivity index (χ3n) is 3.50. The summed E-state index contributed by atoms with van der Waals surface area (Å²) in [7, 11) is 0. The first-order valence-corrected chi connectivity index (χ1v) is 8.21. The van der Waals surface area contributed by atoms with E-state index in [1.165, 1.54) is 0 Å². The highest BCUT2D eigenvalue weighted by Crippen LogP contribution is 2.19. The van der Waals surface area contributed by atoms with Crippen molar-refractivity contribution in [1.82, 2.24) is 4.90 Å². The maximum absolute atomic E-state index is 12.3. The molecule has 0 aliphatic carbocycles. The van der Waals surface area contributed by atoms with Gasteiger partial charge < -0.3 is 10.2 Å². The molecule has 0 heterocycles. The van der Waals surface area contributed by atoms with Gasteiger partial charge in [0, 0.05) is 30.2 Å². The molecule has 1 N–H and O–H groups in total. The smallest absolute Gasteiger partial charge is 0.256 e. The van der Waals surface area contributed by atoms with Crippen LogP contribution in [0.5, 0.6) is 0 Å². The van der Waals surface area contributed by atoms with Crippen LogP contribution in [0, 0.1) is 0 Å². The molecule has 0 aromatic heterocycles.